The van der Waals surface area contributed by atoms with Gasteiger partial charge in [0.25, 0.3) is 0 Å². The Labute approximate surface area is 145 Å². The molecule has 1 atom stereocenters. The quantitative estimate of drug-likeness (QED) is 0.925. The summed E-state index contributed by atoms with van der Waals surface area (Å²) >= 11 is 12.4. The predicted octanol–water partition coefficient (Wildman–Crippen LogP) is 3.10. The molecule has 0 aliphatic carbocycles. The molecule has 120 valence electrons. The Morgan fingerprint density at radius 3 is 2.74 bits per heavy atom. The first-order chi connectivity index (χ1) is 11.2. The van der Waals surface area contributed by atoms with Crippen LogP contribution in [0.5, 0.6) is 0 Å². The van der Waals surface area contributed by atoms with Gasteiger partial charge in [0.05, 0.1) is 12.5 Å². The summed E-state index contributed by atoms with van der Waals surface area (Å²) in [7, 11) is 0. The maximum Gasteiger partial charge on any atom is 0.227 e. The van der Waals surface area contributed by atoms with E-state index in [9.17, 15) is 4.79 Å². The standard InChI is InChI=1S/C17H17Cl2N3O/c18-14-4-1-5-15(19)13(14)9-17(23)22-8-7-21-11-16(22)12-3-2-6-20-10-12/h1-6,10,16,21H,7-9,11H2. The van der Waals surface area contributed by atoms with Crippen molar-refractivity contribution >= 4 is 29.1 Å². The molecular formula is C17H17Cl2N3O. The van der Waals surface area contributed by atoms with Crippen molar-refractivity contribution < 1.29 is 4.79 Å². The number of amides is 1. The van der Waals surface area contributed by atoms with Gasteiger partial charge in [0, 0.05) is 42.1 Å². The fourth-order valence-corrected chi connectivity index (χ4v) is 3.36. The number of carbonyl (C=O) groups excluding carboxylic acids is 1. The fourth-order valence-electron chi connectivity index (χ4n) is 2.83. The first-order valence-electron chi connectivity index (χ1n) is 7.50. The Hall–Kier alpha value is -1.62. The minimum atomic E-state index is -0.0220. The van der Waals surface area contributed by atoms with Crippen LogP contribution >= 0.6 is 23.2 Å². The lowest BCUT2D eigenvalue weighted by atomic mass is 10.0. The van der Waals surface area contributed by atoms with Crippen molar-refractivity contribution in [1.29, 1.82) is 0 Å². The number of pyridine rings is 1. The second-order valence-electron chi connectivity index (χ2n) is 5.47. The zero-order valence-electron chi connectivity index (χ0n) is 12.5. The number of aromatic nitrogens is 1. The number of piperazine rings is 1. The summed E-state index contributed by atoms with van der Waals surface area (Å²) in [6.45, 7) is 2.15. The van der Waals surface area contributed by atoms with E-state index in [0.29, 0.717) is 28.7 Å². The summed E-state index contributed by atoms with van der Waals surface area (Å²) in [6, 6.07) is 9.15. The monoisotopic (exact) mass is 349 g/mol. The second kappa shape index (κ2) is 7.30. The number of nitrogens with zero attached hydrogens (tertiary/aromatic N) is 2. The van der Waals surface area contributed by atoms with E-state index in [0.717, 1.165) is 12.1 Å². The van der Waals surface area contributed by atoms with Crippen molar-refractivity contribution in [3.05, 3.63) is 63.9 Å². The van der Waals surface area contributed by atoms with E-state index in [4.69, 9.17) is 23.2 Å². The van der Waals surface area contributed by atoms with Crippen LogP contribution in [0.2, 0.25) is 10.0 Å². The highest BCUT2D eigenvalue weighted by Crippen LogP contribution is 2.27. The highest BCUT2D eigenvalue weighted by molar-refractivity contribution is 6.36. The Morgan fingerprint density at radius 1 is 1.26 bits per heavy atom. The first-order valence-corrected chi connectivity index (χ1v) is 8.25. The molecule has 0 radical (unpaired) electrons. The Kier molecular flexibility index (Phi) is 5.16. The van der Waals surface area contributed by atoms with Gasteiger partial charge in [0.1, 0.15) is 0 Å². The third kappa shape index (κ3) is 3.66. The minimum absolute atomic E-state index is 0.0220. The molecule has 6 heteroatoms. The summed E-state index contributed by atoms with van der Waals surface area (Å²) in [5, 5.41) is 4.38. The molecule has 0 saturated carbocycles. The maximum atomic E-state index is 12.8. The molecule has 0 bridgehead atoms. The van der Waals surface area contributed by atoms with E-state index in [1.54, 1.807) is 30.6 Å². The molecule has 1 unspecified atom stereocenters. The lowest BCUT2D eigenvalue weighted by molar-refractivity contribution is -0.133. The number of benzene rings is 1. The topological polar surface area (TPSA) is 45.2 Å². The van der Waals surface area contributed by atoms with Crippen molar-refractivity contribution in [2.24, 2.45) is 0 Å². The highest BCUT2D eigenvalue weighted by atomic mass is 35.5. The van der Waals surface area contributed by atoms with Gasteiger partial charge in [-0.3, -0.25) is 9.78 Å². The van der Waals surface area contributed by atoms with E-state index in [2.05, 4.69) is 10.3 Å². The van der Waals surface area contributed by atoms with E-state index in [1.807, 2.05) is 17.0 Å². The summed E-state index contributed by atoms with van der Waals surface area (Å²) in [4.78, 5) is 18.9. The van der Waals surface area contributed by atoms with Crippen molar-refractivity contribution in [1.82, 2.24) is 15.2 Å². The van der Waals surface area contributed by atoms with Gasteiger partial charge < -0.3 is 10.2 Å². The lowest BCUT2D eigenvalue weighted by Gasteiger charge is -2.36. The van der Waals surface area contributed by atoms with Gasteiger partial charge >= 0.3 is 0 Å². The number of hydrogen-bond donors (Lipinski definition) is 1. The molecule has 1 amide bonds. The molecule has 1 N–H and O–H groups in total. The van der Waals surface area contributed by atoms with Crippen LogP contribution in [-0.4, -0.2) is 35.4 Å². The van der Waals surface area contributed by atoms with E-state index >= 15 is 0 Å². The fraction of sp³-hybridized carbons (Fsp3) is 0.294. The Bertz CT molecular complexity index is 673. The molecule has 0 spiro atoms. The SMILES string of the molecule is O=C(Cc1c(Cl)cccc1Cl)N1CCNCC1c1cccnc1. The van der Waals surface area contributed by atoms with Crippen molar-refractivity contribution in [2.45, 2.75) is 12.5 Å². The summed E-state index contributed by atoms with van der Waals surface area (Å²) in [6.07, 6.45) is 3.74. The molecule has 1 aromatic heterocycles. The molecule has 1 saturated heterocycles. The van der Waals surface area contributed by atoms with Crippen LogP contribution < -0.4 is 5.32 Å². The second-order valence-corrected chi connectivity index (χ2v) is 6.28. The molecule has 1 aromatic carbocycles. The Balaban J connectivity index is 1.82. The predicted molar refractivity (Wildman–Crippen MR) is 91.7 cm³/mol. The van der Waals surface area contributed by atoms with Crippen molar-refractivity contribution in [2.75, 3.05) is 19.6 Å². The molecular weight excluding hydrogens is 333 g/mol. The molecule has 4 nitrogen and oxygen atoms in total. The van der Waals surface area contributed by atoms with E-state index in [-0.39, 0.29) is 18.4 Å². The average Bonchev–Trinajstić information content (AvgIpc) is 2.59. The third-order valence-electron chi connectivity index (χ3n) is 4.02. The number of carbonyl (C=O) groups is 1. The molecule has 1 aliphatic rings. The van der Waals surface area contributed by atoms with Crippen LogP contribution in [0.3, 0.4) is 0 Å². The number of halogens is 2. The van der Waals surface area contributed by atoms with E-state index in [1.165, 1.54) is 0 Å². The van der Waals surface area contributed by atoms with Gasteiger partial charge in [0.15, 0.2) is 0 Å². The van der Waals surface area contributed by atoms with Gasteiger partial charge in [-0.25, -0.2) is 0 Å². The van der Waals surface area contributed by atoms with Crippen LogP contribution in [0, 0.1) is 0 Å². The third-order valence-corrected chi connectivity index (χ3v) is 4.73. The lowest BCUT2D eigenvalue weighted by Crippen LogP contribution is -2.49. The van der Waals surface area contributed by atoms with Gasteiger partial charge in [-0.2, -0.15) is 0 Å². The normalized spacial score (nSPS) is 18.0. The number of rotatable bonds is 3. The smallest absolute Gasteiger partial charge is 0.227 e. The Morgan fingerprint density at radius 2 is 2.04 bits per heavy atom. The van der Waals surface area contributed by atoms with Gasteiger partial charge in [0.2, 0.25) is 5.91 Å². The summed E-state index contributed by atoms with van der Waals surface area (Å²) in [5.41, 5.74) is 1.71. The molecule has 1 fully saturated rings. The van der Waals surface area contributed by atoms with Crippen molar-refractivity contribution in [3.8, 4) is 0 Å². The van der Waals surface area contributed by atoms with Gasteiger partial charge in [-0.1, -0.05) is 35.3 Å². The highest BCUT2D eigenvalue weighted by Gasteiger charge is 2.28. The largest absolute Gasteiger partial charge is 0.333 e. The average molecular weight is 350 g/mol. The molecule has 2 aromatic rings. The zero-order chi connectivity index (χ0) is 16.2. The van der Waals surface area contributed by atoms with E-state index < -0.39 is 0 Å². The number of hydrogen-bond acceptors (Lipinski definition) is 3. The van der Waals surface area contributed by atoms with Crippen LogP contribution in [0.1, 0.15) is 17.2 Å². The van der Waals surface area contributed by atoms with Gasteiger partial charge in [-0.05, 0) is 29.3 Å². The van der Waals surface area contributed by atoms with Crippen LogP contribution in [-0.2, 0) is 11.2 Å². The van der Waals surface area contributed by atoms with Crippen LogP contribution in [0.15, 0.2) is 42.7 Å². The minimum Gasteiger partial charge on any atom is -0.333 e. The number of nitrogens with one attached hydrogen (secondary N) is 1. The summed E-state index contributed by atoms with van der Waals surface area (Å²) in [5.74, 6) is 0.0235. The maximum absolute atomic E-state index is 12.8. The molecule has 2 heterocycles. The molecule has 3 rings (SSSR count). The van der Waals surface area contributed by atoms with Crippen molar-refractivity contribution in [3.63, 3.8) is 0 Å². The summed E-state index contributed by atoms with van der Waals surface area (Å²) < 4.78 is 0. The van der Waals surface area contributed by atoms with Crippen LogP contribution in [0.4, 0.5) is 0 Å². The van der Waals surface area contributed by atoms with Gasteiger partial charge in [-0.15, -0.1) is 0 Å². The molecule has 1 aliphatic heterocycles. The van der Waals surface area contributed by atoms with Crippen LogP contribution in [0.25, 0.3) is 0 Å². The first kappa shape index (κ1) is 16.2. The molecule has 23 heavy (non-hydrogen) atoms. The zero-order valence-corrected chi connectivity index (χ0v) is 14.0.